The van der Waals surface area contributed by atoms with E-state index in [1.54, 1.807) is 12.1 Å². The van der Waals surface area contributed by atoms with Gasteiger partial charge in [-0.2, -0.15) is 0 Å². The van der Waals surface area contributed by atoms with E-state index in [2.05, 4.69) is 9.71 Å². The van der Waals surface area contributed by atoms with Crippen molar-refractivity contribution in [3.63, 3.8) is 0 Å². The Kier molecular flexibility index (Phi) is 4.61. The summed E-state index contributed by atoms with van der Waals surface area (Å²) < 4.78 is 26.6. The van der Waals surface area contributed by atoms with Crippen molar-refractivity contribution in [1.29, 1.82) is 0 Å². The number of thiazole rings is 1. The molecule has 6 nitrogen and oxygen atoms in total. The monoisotopic (exact) mass is 344 g/mol. The minimum Gasteiger partial charge on any atom is -0.478 e. The number of carboxylic acid groups (broad SMARTS) is 1. The number of hydrogen-bond donors (Lipinski definition) is 2. The molecule has 0 saturated heterocycles. The van der Waals surface area contributed by atoms with Crippen LogP contribution in [0, 0.1) is 0 Å². The molecule has 0 fully saturated rings. The minimum absolute atomic E-state index is 0.0514. The number of hydrogen-bond acceptors (Lipinski definition) is 5. The van der Waals surface area contributed by atoms with E-state index in [9.17, 15) is 13.2 Å². The third-order valence-electron chi connectivity index (χ3n) is 2.26. The van der Waals surface area contributed by atoms with E-state index in [-0.39, 0.29) is 15.0 Å². The molecule has 1 heterocycles. The highest BCUT2D eigenvalue weighted by atomic mass is 35.5. The topological polar surface area (TPSA) is 96.4 Å². The van der Waals surface area contributed by atoms with Crippen molar-refractivity contribution in [3.8, 4) is 0 Å². The van der Waals surface area contributed by atoms with Crippen molar-refractivity contribution < 1.29 is 18.3 Å². The fraction of sp³-hybridized carbons (Fsp3) is 0. The largest absolute Gasteiger partial charge is 0.478 e. The van der Waals surface area contributed by atoms with Crippen molar-refractivity contribution in [2.75, 3.05) is 4.72 Å². The molecule has 1 aromatic carbocycles. The Morgan fingerprint density at radius 2 is 2.10 bits per heavy atom. The quantitative estimate of drug-likeness (QED) is 0.813. The third-order valence-corrected chi connectivity index (χ3v) is 5.11. The molecule has 1 aromatic heterocycles. The first-order valence-corrected chi connectivity index (χ1v) is 8.20. The Balaban J connectivity index is 2.22. The van der Waals surface area contributed by atoms with Gasteiger partial charge in [0.1, 0.15) is 4.90 Å². The summed E-state index contributed by atoms with van der Waals surface area (Å²) in [4.78, 5) is 14.7. The van der Waals surface area contributed by atoms with Gasteiger partial charge in [0.05, 0.1) is 5.02 Å². The molecule has 0 saturated carbocycles. The number of nitrogens with one attached hydrogen (secondary N) is 1. The SMILES string of the molecule is O=C(O)C=Cc1cnc(NS(=O)(=O)c2ccccc2Cl)s1. The average Bonchev–Trinajstić information content (AvgIpc) is 2.83. The lowest BCUT2D eigenvalue weighted by molar-refractivity contribution is -0.131. The molecule has 0 amide bonds. The lowest BCUT2D eigenvalue weighted by atomic mass is 10.4. The second-order valence-corrected chi connectivity index (χ2v) is 6.90. The zero-order valence-electron chi connectivity index (χ0n) is 10.4. The molecule has 0 aliphatic carbocycles. The van der Waals surface area contributed by atoms with Gasteiger partial charge in [-0.15, -0.1) is 0 Å². The first-order chi connectivity index (χ1) is 9.88. The van der Waals surface area contributed by atoms with E-state index in [1.807, 2.05) is 0 Å². The molecule has 0 atom stereocenters. The maximum atomic E-state index is 12.2. The van der Waals surface area contributed by atoms with Gasteiger partial charge in [0.15, 0.2) is 5.13 Å². The second-order valence-electron chi connectivity index (χ2n) is 3.78. The summed E-state index contributed by atoms with van der Waals surface area (Å²) in [5.41, 5.74) is 0. The number of halogens is 1. The van der Waals surface area contributed by atoms with Crippen molar-refractivity contribution in [1.82, 2.24) is 4.98 Å². The van der Waals surface area contributed by atoms with Crippen LogP contribution in [0.4, 0.5) is 5.13 Å². The van der Waals surface area contributed by atoms with Crippen LogP contribution in [0.1, 0.15) is 4.88 Å². The average molecular weight is 345 g/mol. The summed E-state index contributed by atoms with van der Waals surface area (Å²) in [5.74, 6) is -1.10. The van der Waals surface area contributed by atoms with Crippen LogP contribution in [0.3, 0.4) is 0 Å². The smallest absolute Gasteiger partial charge is 0.328 e. The van der Waals surface area contributed by atoms with E-state index in [0.717, 1.165) is 17.4 Å². The highest BCUT2D eigenvalue weighted by Gasteiger charge is 2.18. The summed E-state index contributed by atoms with van der Waals surface area (Å²) in [5, 5.41) is 8.75. The third kappa shape index (κ3) is 4.03. The van der Waals surface area contributed by atoms with Crippen LogP contribution in [0.25, 0.3) is 6.08 Å². The van der Waals surface area contributed by atoms with Gasteiger partial charge in [-0.25, -0.2) is 18.2 Å². The maximum Gasteiger partial charge on any atom is 0.328 e. The molecule has 2 N–H and O–H groups in total. The molecule has 0 unspecified atom stereocenters. The van der Waals surface area contributed by atoms with Gasteiger partial charge in [0, 0.05) is 17.2 Å². The number of carbonyl (C=O) groups is 1. The number of rotatable bonds is 5. The minimum atomic E-state index is -3.84. The molecule has 9 heteroatoms. The van der Waals surface area contributed by atoms with Crippen LogP contribution in [-0.2, 0) is 14.8 Å². The number of benzene rings is 1. The number of carboxylic acids is 1. The van der Waals surface area contributed by atoms with E-state index in [4.69, 9.17) is 16.7 Å². The van der Waals surface area contributed by atoms with Crippen molar-refractivity contribution in [3.05, 3.63) is 46.4 Å². The van der Waals surface area contributed by atoms with Crippen molar-refractivity contribution >= 4 is 50.1 Å². The Morgan fingerprint density at radius 3 is 2.76 bits per heavy atom. The fourth-order valence-corrected chi connectivity index (χ4v) is 3.88. The van der Waals surface area contributed by atoms with Gasteiger partial charge in [-0.05, 0) is 18.2 Å². The van der Waals surface area contributed by atoms with Crippen LogP contribution in [0.5, 0.6) is 0 Å². The summed E-state index contributed by atoms with van der Waals surface area (Å²) in [6.07, 6.45) is 3.64. The van der Waals surface area contributed by atoms with Crippen LogP contribution in [0.15, 0.2) is 41.4 Å². The van der Waals surface area contributed by atoms with Crippen molar-refractivity contribution in [2.45, 2.75) is 4.90 Å². The molecule has 0 spiro atoms. The lowest BCUT2D eigenvalue weighted by Gasteiger charge is -2.06. The number of anilines is 1. The maximum absolute atomic E-state index is 12.2. The summed E-state index contributed by atoms with van der Waals surface area (Å²) in [6, 6.07) is 6.03. The fourth-order valence-electron chi connectivity index (χ4n) is 1.40. The van der Waals surface area contributed by atoms with Crippen LogP contribution in [0.2, 0.25) is 5.02 Å². The van der Waals surface area contributed by atoms with Gasteiger partial charge >= 0.3 is 5.97 Å². The van der Waals surface area contributed by atoms with Gasteiger partial charge in [0.2, 0.25) is 0 Å². The highest BCUT2D eigenvalue weighted by molar-refractivity contribution is 7.93. The van der Waals surface area contributed by atoms with E-state index in [1.165, 1.54) is 24.4 Å². The molecule has 0 radical (unpaired) electrons. The molecule has 110 valence electrons. The highest BCUT2D eigenvalue weighted by Crippen LogP contribution is 2.26. The Morgan fingerprint density at radius 1 is 1.38 bits per heavy atom. The molecule has 2 rings (SSSR count). The van der Waals surface area contributed by atoms with E-state index >= 15 is 0 Å². The van der Waals surface area contributed by atoms with E-state index < -0.39 is 16.0 Å². The molecule has 2 aromatic rings. The lowest BCUT2D eigenvalue weighted by Crippen LogP contribution is -2.13. The Hall–Kier alpha value is -1.90. The number of aromatic nitrogens is 1. The predicted molar refractivity (Wildman–Crippen MR) is 81.0 cm³/mol. The molecular weight excluding hydrogens is 336 g/mol. The number of aliphatic carboxylic acids is 1. The molecule has 0 bridgehead atoms. The number of sulfonamides is 1. The first kappa shape index (κ1) is 15.5. The van der Waals surface area contributed by atoms with Crippen LogP contribution < -0.4 is 4.72 Å². The van der Waals surface area contributed by atoms with E-state index in [0.29, 0.717) is 4.88 Å². The van der Waals surface area contributed by atoms with Gasteiger partial charge in [0.25, 0.3) is 10.0 Å². The molecule has 0 aliphatic rings. The van der Waals surface area contributed by atoms with Gasteiger partial charge in [-0.1, -0.05) is 35.1 Å². The predicted octanol–water partition coefficient (Wildman–Crippen LogP) is 2.70. The Labute approximate surface area is 129 Å². The zero-order chi connectivity index (χ0) is 15.5. The standard InChI is InChI=1S/C12H9ClN2O4S2/c13-9-3-1-2-4-10(9)21(18,19)15-12-14-7-8(20-12)5-6-11(16)17/h1-7H,(H,14,15)(H,16,17). The summed E-state index contributed by atoms with van der Waals surface area (Å²) in [7, 11) is -3.84. The van der Waals surface area contributed by atoms with Crippen LogP contribution in [-0.4, -0.2) is 24.5 Å². The zero-order valence-corrected chi connectivity index (χ0v) is 12.7. The van der Waals surface area contributed by atoms with Gasteiger partial charge in [-0.3, -0.25) is 4.72 Å². The number of nitrogens with zero attached hydrogens (tertiary/aromatic N) is 1. The van der Waals surface area contributed by atoms with Gasteiger partial charge < -0.3 is 5.11 Å². The summed E-state index contributed by atoms with van der Waals surface area (Å²) in [6.45, 7) is 0. The van der Waals surface area contributed by atoms with Crippen LogP contribution >= 0.6 is 22.9 Å². The van der Waals surface area contributed by atoms with Crippen molar-refractivity contribution in [2.24, 2.45) is 0 Å². The molecular formula is C12H9ClN2O4S2. The molecule has 0 aliphatic heterocycles. The normalized spacial score (nSPS) is 11.7. The molecule has 21 heavy (non-hydrogen) atoms. The summed E-state index contributed by atoms with van der Waals surface area (Å²) >= 11 is 6.86. The second kappa shape index (κ2) is 6.25. The first-order valence-electron chi connectivity index (χ1n) is 5.53. The Bertz CT molecular complexity index is 799.